The Kier molecular flexibility index (Phi) is 8.32. The average molecular weight is 449 g/mol. The minimum atomic E-state index is -3.51. The van der Waals surface area contributed by atoms with Crippen LogP contribution in [0.4, 0.5) is 0 Å². The maximum Gasteiger partial charge on any atom is 0.243 e. The summed E-state index contributed by atoms with van der Waals surface area (Å²) in [7, 11) is -3.51. The topological polar surface area (TPSA) is 75.7 Å². The SMILES string of the molecule is CSc1ccc(S(=O)(=O)N2CCC(C(=O)NCCOCc3ccccc3)CC2)cc1. The van der Waals surface area contributed by atoms with Crippen LogP contribution in [0.1, 0.15) is 18.4 Å². The van der Waals surface area contributed by atoms with Crippen LogP contribution >= 0.6 is 11.8 Å². The Bertz CT molecular complexity index is 910. The fraction of sp³-hybridized carbons (Fsp3) is 0.409. The summed E-state index contributed by atoms with van der Waals surface area (Å²) in [4.78, 5) is 13.7. The molecule has 1 fully saturated rings. The van der Waals surface area contributed by atoms with Crippen molar-refractivity contribution < 1.29 is 17.9 Å². The predicted molar refractivity (Wildman–Crippen MR) is 119 cm³/mol. The van der Waals surface area contributed by atoms with Crippen LogP contribution in [0.15, 0.2) is 64.4 Å². The molecule has 0 radical (unpaired) electrons. The van der Waals surface area contributed by atoms with Crippen molar-refractivity contribution in [3.63, 3.8) is 0 Å². The first-order chi connectivity index (χ1) is 14.5. The van der Waals surface area contributed by atoms with E-state index in [0.717, 1.165) is 10.5 Å². The zero-order valence-corrected chi connectivity index (χ0v) is 18.8. The van der Waals surface area contributed by atoms with Crippen LogP contribution in [0.3, 0.4) is 0 Å². The third-order valence-corrected chi connectivity index (χ3v) is 7.84. The van der Waals surface area contributed by atoms with Gasteiger partial charge in [-0.05, 0) is 48.9 Å². The molecule has 1 aliphatic rings. The molecule has 3 rings (SSSR count). The minimum absolute atomic E-state index is 0.0281. The van der Waals surface area contributed by atoms with Gasteiger partial charge >= 0.3 is 0 Å². The maximum absolute atomic E-state index is 12.8. The van der Waals surface area contributed by atoms with E-state index in [4.69, 9.17) is 4.74 Å². The van der Waals surface area contributed by atoms with Gasteiger partial charge in [-0.25, -0.2) is 8.42 Å². The molecule has 2 aromatic carbocycles. The van der Waals surface area contributed by atoms with Gasteiger partial charge in [0, 0.05) is 30.4 Å². The third-order valence-electron chi connectivity index (χ3n) is 5.18. The molecule has 0 atom stereocenters. The Morgan fingerprint density at radius 2 is 1.77 bits per heavy atom. The molecule has 6 nitrogen and oxygen atoms in total. The number of carbonyl (C=O) groups excluding carboxylic acids is 1. The summed E-state index contributed by atoms with van der Waals surface area (Å²) in [5.74, 6) is -0.191. The van der Waals surface area contributed by atoms with Crippen LogP contribution in [0, 0.1) is 5.92 Å². The van der Waals surface area contributed by atoms with Crippen molar-refractivity contribution in [2.45, 2.75) is 29.2 Å². The quantitative estimate of drug-likeness (QED) is 0.471. The fourth-order valence-corrected chi connectivity index (χ4v) is 5.29. The van der Waals surface area contributed by atoms with Gasteiger partial charge in [0.25, 0.3) is 0 Å². The van der Waals surface area contributed by atoms with E-state index in [2.05, 4.69) is 5.32 Å². The van der Waals surface area contributed by atoms with E-state index in [1.807, 2.05) is 48.7 Å². The average Bonchev–Trinajstić information content (AvgIpc) is 2.79. The van der Waals surface area contributed by atoms with E-state index in [1.54, 1.807) is 23.9 Å². The standard InChI is InChI=1S/C22H28N2O4S2/c1-29-20-7-9-21(10-8-20)30(26,27)24-14-11-19(12-15-24)22(25)23-13-16-28-17-18-5-3-2-4-6-18/h2-10,19H,11-17H2,1H3,(H,23,25). The van der Waals surface area contributed by atoms with E-state index < -0.39 is 10.0 Å². The summed E-state index contributed by atoms with van der Waals surface area (Å²) in [6.07, 6.45) is 3.01. The van der Waals surface area contributed by atoms with Crippen molar-refractivity contribution in [2.24, 2.45) is 5.92 Å². The van der Waals surface area contributed by atoms with Crippen LogP contribution in [0.2, 0.25) is 0 Å². The largest absolute Gasteiger partial charge is 0.375 e. The van der Waals surface area contributed by atoms with Gasteiger partial charge in [-0.3, -0.25) is 4.79 Å². The van der Waals surface area contributed by atoms with Crippen LogP contribution in [-0.2, 0) is 26.2 Å². The van der Waals surface area contributed by atoms with Gasteiger partial charge in [-0.1, -0.05) is 30.3 Å². The Balaban J connectivity index is 1.40. The highest BCUT2D eigenvalue weighted by Crippen LogP contribution is 2.25. The molecule has 0 aliphatic carbocycles. The van der Waals surface area contributed by atoms with Gasteiger partial charge in [0.05, 0.1) is 18.1 Å². The molecule has 0 unspecified atom stereocenters. The minimum Gasteiger partial charge on any atom is -0.375 e. The van der Waals surface area contributed by atoms with Gasteiger partial charge < -0.3 is 10.1 Å². The van der Waals surface area contributed by atoms with Crippen LogP contribution in [-0.4, -0.2) is 51.1 Å². The van der Waals surface area contributed by atoms with Crippen molar-refractivity contribution in [3.8, 4) is 0 Å². The van der Waals surface area contributed by atoms with Crippen molar-refractivity contribution >= 4 is 27.7 Å². The van der Waals surface area contributed by atoms with Gasteiger partial charge in [0.15, 0.2) is 0 Å². The molecule has 1 saturated heterocycles. The molecular weight excluding hydrogens is 420 g/mol. The smallest absolute Gasteiger partial charge is 0.243 e. The summed E-state index contributed by atoms with van der Waals surface area (Å²) >= 11 is 1.57. The summed E-state index contributed by atoms with van der Waals surface area (Å²) in [5.41, 5.74) is 1.10. The second-order valence-corrected chi connectivity index (χ2v) is 10.0. The lowest BCUT2D eigenvalue weighted by Gasteiger charge is -2.30. The maximum atomic E-state index is 12.8. The molecular formula is C22H28N2O4S2. The second-order valence-electron chi connectivity index (χ2n) is 7.18. The number of piperidine rings is 1. The van der Waals surface area contributed by atoms with Gasteiger partial charge in [-0.2, -0.15) is 4.31 Å². The van der Waals surface area contributed by atoms with E-state index in [0.29, 0.717) is 50.6 Å². The lowest BCUT2D eigenvalue weighted by Crippen LogP contribution is -2.43. The lowest BCUT2D eigenvalue weighted by atomic mass is 9.97. The Labute approximate surface area is 183 Å². The number of sulfonamides is 1. The number of benzene rings is 2. The number of amides is 1. The van der Waals surface area contributed by atoms with Crippen molar-refractivity contribution in [2.75, 3.05) is 32.5 Å². The van der Waals surface area contributed by atoms with Gasteiger partial charge in [-0.15, -0.1) is 11.8 Å². The third kappa shape index (κ3) is 6.07. The molecule has 162 valence electrons. The summed E-state index contributed by atoms with van der Waals surface area (Å²) in [5, 5.41) is 2.90. The molecule has 0 aromatic heterocycles. The number of ether oxygens (including phenoxy) is 1. The summed E-state index contributed by atoms with van der Waals surface area (Å²) < 4.78 is 32.7. The summed E-state index contributed by atoms with van der Waals surface area (Å²) in [6, 6.07) is 16.8. The van der Waals surface area contributed by atoms with Gasteiger partial charge in [0.2, 0.25) is 15.9 Å². The normalized spacial score (nSPS) is 15.8. The molecule has 30 heavy (non-hydrogen) atoms. The molecule has 0 spiro atoms. The Hall–Kier alpha value is -1.87. The van der Waals surface area contributed by atoms with E-state index in [9.17, 15) is 13.2 Å². The highest BCUT2D eigenvalue weighted by molar-refractivity contribution is 7.98. The zero-order chi connectivity index (χ0) is 21.4. The van der Waals surface area contributed by atoms with Crippen LogP contribution in [0.25, 0.3) is 0 Å². The second kappa shape index (κ2) is 10.9. The Morgan fingerprint density at radius 3 is 2.40 bits per heavy atom. The number of rotatable bonds is 9. The van der Waals surface area contributed by atoms with Gasteiger partial charge in [0.1, 0.15) is 0 Å². The molecule has 8 heteroatoms. The van der Waals surface area contributed by atoms with Crippen molar-refractivity contribution in [3.05, 3.63) is 60.2 Å². The Morgan fingerprint density at radius 1 is 1.10 bits per heavy atom. The molecule has 0 saturated carbocycles. The molecule has 1 aliphatic heterocycles. The molecule has 1 heterocycles. The molecule has 0 bridgehead atoms. The highest BCUT2D eigenvalue weighted by Gasteiger charge is 2.31. The molecule has 1 N–H and O–H groups in total. The molecule has 1 amide bonds. The molecule has 2 aromatic rings. The van der Waals surface area contributed by atoms with Crippen LogP contribution < -0.4 is 5.32 Å². The monoisotopic (exact) mass is 448 g/mol. The number of carbonyl (C=O) groups is 1. The first-order valence-corrected chi connectivity index (χ1v) is 12.7. The van der Waals surface area contributed by atoms with Crippen molar-refractivity contribution in [1.82, 2.24) is 9.62 Å². The first kappa shape index (κ1) is 22.8. The number of hydrogen-bond acceptors (Lipinski definition) is 5. The summed E-state index contributed by atoms with van der Waals surface area (Å²) in [6.45, 7) is 2.13. The number of nitrogens with one attached hydrogen (secondary N) is 1. The van der Waals surface area contributed by atoms with Crippen molar-refractivity contribution in [1.29, 1.82) is 0 Å². The van der Waals surface area contributed by atoms with Crippen LogP contribution in [0.5, 0.6) is 0 Å². The zero-order valence-electron chi connectivity index (χ0n) is 17.1. The number of hydrogen-bond donors (Lipinski definition) is 1. The number of thioether (sulfide) groups is 1. The van der Waals surface area contributed by atoms with E-state index >= 15 is 0 Å². The van der Waals surface area contributed by atoms with E-state index in [1.165, 1.54) is 4.31 Å². The first-order valence-electron chi connectivity index (χ1n) is 10.0. The predicted octanol–water partition coefficient (Wildman–Crippen LogP) is 3.14. The highest BCUT2D eigenvalue weighted by atomic mass is 32.2. The lowest BCUT2D eigenvalue weighted by molar-refractivity contribution is -0.126. The van der Waals surface area contributed by atoms with E-state index in [-0.39, 0.29) is 11.8 Å². The number of nitrogens with zero attached hydrogens (tertiary/aromatic N) is 1. The fourth-order valence-electron chi connectivity index (χ4n) is 3.41.